The Hall–Kier alpha value is -0.0800. The van der Waals surface area contributed by atoms with E-state index in [0.29, 0.717) is 11.8 Å². The van der Waals surface area contributed by atoms with Gasteiger partial charge in [-0.15, -0.1) is 0 Å². The molecule has 0 spiro atoms. The van der Waals surface area contributed by atoms with Crippen molar-refractivity contribution in [3.8, 4) is 0 Å². The highest BCUT2D eigenvalue weighted by molar-refractivity contribution is 5.26. The van der Waals surface area contributed by atoms with Gasteiger partial charge >= 0.3 is 0 Å². The van der Waals surface area contributed by atoms with Crippen LogP contribution < -0.4 is 0 Å². The lowest BCUT2D eigenvalue weighted by Crippen LogP contribution is -2.47. The van der Waals surface area contributed by atoms with Gasteiger partial charge in [0.2, 0.25) is 0 Å². The van der Waals surface area contributed by atoms with Gasteiger partial charge in [-0.1, -0.05) is 54.4 Å². The van der Waals surface area contributed by atoms with Gasteiger partial charge in [0.15, 0.2) is 0 Å². The van der Waals surface area contributed by atoms with Crippen molar-refractivity contribution in [1.82, 2.24) is 0 Å². The van der Waals surface area contributed by atoms with E-state index in [4.69, 9.17) is 9.47 Å². The zero-order chi connectivity index (χ0) is 18.5. The van der Waals surface area contributed by atoms with E-state index in [1.165, 1.54) is 44.9 Å². The van der Waals surface area contributed by atoms with Crippen molar-refractivity contribution in [2.24, 2.45) is 22.7 Å². The third kappa shape index (κ3) is 2.10. The highest BCUT2D eigenvalue weighted by atomic mass is 16.6. The van der Waals surface area contributed by atoms with Crippen LogP contribution in [0.25, 0.3) is 0 Å². The Morgan fingerprint density at radius 1 is 0.720 bits per heavy atom. The lowest BCUT2D eigenvalue weighted by atomic mass is 9.58. The van der Waals surface area contributed by atoms with Crippen molar-refractivity contribution in [3.05, 3.63) is 0 Å². The van der Waals surface area contributed by atoms with E-state index in [1.54, 1.807) is 0 Å². The minimum atomic E-state index is 0.0938. The van der Waals surface area contributed by atoms with Crippen LogP contribution in [0.3, 0.4) is 0 Å². The maximum Gasteiger partial charge on any atom is 0.103 e. The average molecular weight is 349 g/mol. The Morgan fingerprint density at radius 2 is 1.08 bits per heavy atom. The normalized spacial score (nSPS) is 52.3. The molecule has 0 amide bonds. The lowest BCUT2D eigenvalue weighted by molar-refractivity contribution is 0.121. The first-order valence-corrected chi connectivity index (χ1v) is 10.7. The van der Waals surface area contributed by atoms with Gasteiger partial charge in [-0.3, -0.25) is 0 Å². The van der Waals surface area contributed by atoms with Crippen LogP contribution in [-0.4, -0.2) is 22.4 Å². The van der Waals surface area contributed by atoms with Crippen molar-refractivity contribution in [2.45, 2.75) is 123 Å². The molecule has 2 heteroatoms. The van der Waals surface area contributed by atoms with Crippen LogP contribution in [0.5, 0.6) is 0 Å². The first kappa shape index (κ1) is 18.3. The van der Waals surface area contributed by atoms with E-state index in [0.717, 1.165) is 0 Å². The molecule has 0 aromatic heterocycles. The first-order chi connectivity index (χ1) is 11.3. The Balaban J connectivity index is 1.54. The minimum Gasteiger partial charge on any atom is -0.362 e. The smallest absolute Gasteiger partial charge is 0.103 e. The summed E-state index contributed by atoms with van der Waals surface area (Å²) >= 11 is 0. The molecule has 25 heavy (non-hydrogen) atoms. The zero-order valence-corrected chi connectivity index (χ0v) is 17.9. The van der Waals surface area contributed by atoms with E-state index < -0.39 is 0 Å². The first-order valence-electron chi connectivity index (χ1n) is 10.7. The molecular formula is C23H40O2. The summed E-state index contributed by atoms with van der Waals surface area (Å²) in [5, 5.41) is 0. The van der Waals surface area contributed by atoms with Gasteiger partial charge in [0, 0.05) is 0 Å². The van der Waals surface area contributed by atoms with E-state index >= 15 is 0 Å². The van der Waals surface area contributed by atoms with Gasteiger partial charge in [-0.05, 0) is 68.6 Å². The standard InChI is InChI=1S/C23H40O2/c1-18(2,3)22-13-9-11-16(20(22,7)24-22)15-17-12-10-14-23(19(4,5)6)21(17,8)25-23/h16-17H,9-15H2,1-8H3. The molecule has 2 saturated heterocycles. The van der Waals surface area contributed by atoms with Crippen LogP contribution in [0.2, 0.25) is 0 Å². The molecule has 6 atom stereocenters. The van der Waals surface area contributed by atoms with Crippen LogP contribution in [-0.2, 0) is 9.47 Å². The summed E-state index contributed by atoms with van der Waals surface area (Å²) in [6.07, 6.45) is 9.11. The Kier molecular flexibility index (Phi) is 3.55. The van der Waals surface area contributed by atoms with Crippen molar-refractivity contribution < 1.29 is 9.47 Å². The lowest BCUT2D eigenvalue weighted by Gasteiger charge is -2.42. The number of epoxide rings is 2. The molecule has 6 unspecified atom stereocenters. The summed E-state index contributed by atoms with van der Waals surface area (Å²) < 4.78 is 13.2. The molecular weight excluding hydrogens is 308 g/mol. The third-order valence-corrected chi connectivity index (χ3v) is 9.01. The second-order valence-electron chi connectivity index (χ2n) is 12.0. The fourth-order valence-corrected chi connectivity index (χ4v) is 7.42. The predicted octanol–water partition coefficient (Wildman–Crippen LogP) is 6.12. The molecule has 2 aliphatic heterocycles. The largest absolute Gasteiger partial charge is 0.362 e. The average Bonchev–Trinajstić information content (AvgIpc) is 3.29. The maximum absolute atomic E-state index is 6.60. The molecule has 4 fully saturated rings. The number of ether oxygens (including phenoxy) is 2. The van der Waals surface area contributed by atoms with Crippen molar-refractivity contribution in [3.63, 3.8) is 0 Å². The van der Waals surface area contributed by atoms with E-state index in [2.05, 4.69) is 55.4 Å². The summed E-state index contributed by atoms with van der Waals surface area (Å²) in [6, 6.07) is 0. The fraction of sp³-hybridized carbons (Fsp3) is 1.00. The molecule has 144 valence electrons. The number of fused-ring (bicyclic) bond motifs is 2. The van der Waals surface area contributed by atoms with Crippen molar-refractivity contribution >= 4 is 0 Å². The molecule has 2 aliphatic carbocycles. The van der Waals surface area contributed by atoms with Crippen molar-refractivity contribution in [1.29, 1.82) is 0 Å². The molecule has 2 heterocycles. The second kappa shape index (κ2) is 4.85. The van der Waals surface area contributed by atoms with Crippen LogP contribution in [0.1, 0.15) is 100 Å². The van der Waals surface area contributed by atoms with Gasteiger partial charge in [-0.2, -0.15) is 0 Å². The second-order valence-corrected chi connectivity index (χ2v) is 12.0. The molecule has 4 rings (SSSR count). The van der Waals surface area contributed by atoms with E-state index in [-0.39, 0.29) is 33.2 Å². The van der Waals surface area contributed by atoms with Gasteiger partial charge in [0.05, 0.1) is 11.2 Å². The Morgan fingerprint density at radius 3 is 1.40 bits per heavy atom. The minimum absolute atomic E-state index is 0.0938. The van der Waals surface area contributed by atoms with Crippen LogP contribution in [0.4, 0.5) is 0 Å². The zero-order valence-electron chi connectivity index (χ0n) is 17.9. The van der Waals surface area contributed by atoms with Gasteiger partial charge in [0.1, 0.15) is 11.2 Å². The number of rotatable bonds is 2. The number of hydrogen-bond donors (Lipinski definition) is 0. The highest BCUT2D eigenvalue weighted by Gasteiger charge is 2.78. The molecule has 0 N–H and O–H groups in total. The fourth-order valence-electron chi connectivity index (χ4n) is 7.42. The van der Waals surface area contributed by atoms with Crippen LogP contribution in [0.15, 0.2) is 0 Å². The molecule has 0 bridgehead atoms. The van der Waals surface area contributed by atoms with Gasteiger partial charge in [-0.25, -0.2) is 0 Å². The van der Waals surface area contributed by atoms with Gasteiger partial charge < -0.3 is 9.47 Å². The molecule has 0 aromatic rings. The Bertz CT molecular complexity index is 520. The quantitative estimate of drug-likeness (QED) is 0.561. The molecule has 0 aromatic carbocycles. The molecule has 2 saturated carbocycles. The molecule has 4 aliphatic rings. The maximum atomic E-state index is 6.60. The summed E-state index contributed by atoms with van der Waals surface area (Å²) in [5.74, 6) is 1.39. The van der Waals surface area contributed by atoms with Gasteiger partial charge in [0.25, 0.3) is 0 Å². The summed E-state index contributed by atoms with van der Waals surface area (Å²) in [5.41, 5.74) is 0.894. The van der Waals surface area contributed by atoms with Crippen LogP contribution >= 0.6 is 0 Å². The predicted molar refractivity (Wildman–Crippen MR) is 103 cm³/mol. The number of hydrogen-bond acceptors (Lipinski definition) is 2. The van der Waals surface area contributed by atoms with Crippen LogP contribution in [0, 0.1) is 22.7 Å². The van der Waals surface area contributed by atoms with Crippen molar-refractivity contribution in [2.75, 3.05) is 0 Å². The summed E-state index contributed by atoms with van der Waals surface area (Å²) in [6.45, 7) is 19.1. The summed E-state index contributed by atoms with van der Waals surface area (Å²) in [7, 11) is 0. The van der Waals surface area contributed by atoms with E-state index in [1.807, 2.05) is 0 Å². The Labute approximate surface area is 155 Å². The SMILES string of the molecule is CC(C)(C)C12CCCC(CC3CCCC4(C(C)(C)C)OC34C)C1(C)O2. The third-order valence-electron chi connectivity index (χ3n) is 9.01. The topological polar surface area (TPSA) is 25.1 Å². The molecule has 0 radical (unpaired) electrons. The molecule has 2 nitrogen and oxygen atoms in total. The monoisotopic (exact) mass is 348 g/mol. The highest BCUT2D eigenvalue weighted by Crippen LogP contribution is 2.71. The van der Waals surface area contributed by atoms with E-state index in [9.17, 15) is 0 Å². The summed E-state index contributed by atoms with van der Waals surface area (Å²) in [4.78, 5) is 0.